The summed E-state index contributed by atoms with van der Waals surface area (Å²) < 4.78 is 16.6. The largest absolute Gasteiger partial charge is 0.328 e. The summed E-state index contributed by atoms with van der Waals surface area (Å²) in [4.78, 5) is 31.7. The second-order valence-electron chi connectivity index (χ2n) is 6.45. The normalized spacial score (nSPS) is 11.2. The van der Waals surface area contributed by atoms with Crippen molar-refractivity contribution in [1.82, 2.24) is 29.1 Å². The Bertz CT molecular complexity index is 1490. The van der Waals surface area contributed by atoms with E-state index in [9.17, 15) is 9.18 Å². The van der Waals surface area contributed by atoms with E-state index >= 15 is 0 Å². The van der Waals surface area contributed by atoms with E-state index < -0.39 is 0 Å². The number of benzene rings is 2. The highest BCUT2D eigenvalue weighted by Gasteiger charge is 2.14. The molecule has 0 atom stereocenters. The zero-order chi connectivity index (χ0) is 20.0. The molecule has 140 valence electrons. The van der Waals surface area contributed by atoms with Gasteiger partial charge in [0.15, 0.2) is 11.3 Å². The van der Waals surface area contributed by atoms with Crippen molar-refractivity contribution in [3.8, 4) is 5.95 Å². The maximum atomic E-state index is 13.5. The number of rotatable bonds is 3. The van der Waals surface area contributed by atoms with Crippen molar-refractivity contribution in [2.45, 2.75) is 6.54 Å². The number of H-pyrrole nitrogens is 1. The second kappa shape index (κ2) is 6.38. The van der Waals surface area contributed by atoms with Gasteiger partial charge < -0.3 is 4.98 Å². The van der Waals surface area contributed by atoms with E-state index in [4.69, 9.17) is 6.57 Å². The topological polar surface area (TPSA) is 85.8 Å². The minimum absolute atomic E-state index is 0.166. The molecule has 0 aliphatic rings. The summed E-state index contributed by atoms with van der Waals surface area (Å²) in [7, 11) is 0. The third kappa shape index (κ3) is 2.83. The third-order valence-electron chi connectivity index (χ3n) is 4.60. The van der Waals surface area contributed by atoms with E-state index in [-0.39, 0.29) is 18.1 Å². The molecule has 3 heterocycles. The Labute approximate surface area is 162 Å². The number of halogens is 1. The van der Waals surface area contributed by atoms with E-state index in [1.165, 1.54) is 22.9 Å². The molecule has 0 bridgehead atoms. The molecule has 0 fully saturated rings. The number of nitrogens with zero attached hydrogens (tertiary/aromatic N) is 6. The summed E-state index contributed by atoms with van der Waals surface area (Å²) in [5.74, 6) is -0.0553. The molecular formula is C20H12FN7O. The van der Waals surface area contributed by atoms with Crippen molar-refractivity contribution in [3.63, 3.8) is 0 Å². The monoisotopic (exact) mass is 385 g/mol. The number of imidazole rings is 2. The molecule has 5 rings (SSSR count). The van der Waals surface area contributed by atoms with Gasteiger partial charge in [0.1, 0.15) is 17.7 Å². The minimum Gasteiger partial charge on any atom is -0.303 e. The van der Waals surface area contributed by atoms with Gasteiger partial charge in [-0.2, -0.15) is 4.98 Å². The Hall–Kier alpha value is -4.32. The average Bonchev–Trinajstić information content (AvgIpc) is 3.28. The molecule has 8 nitrogen and oxygen atoms in total. The molecule has 0 unspecified atom stereocenters. The molecule has 0 amide bonds. The average molecular weight is 385 g/mol. The summed E-state index contributed by atoms with van der Waals surface area (Å²) in [5.41, 5.74) is 3.02. The molecular weight excluding hydrogens is 373 g/mol. The highest BCUT2D eigenvalue weighted by molar-refractivity contribution is 5.81. The fourth-order valence-corrected chi connectivity index (χ4v) is 3.24. The van der Waals surface area contributed by atoms with Gasteiger partial charge in [-0.05, 0) is 29.8 Å². The van der Waals surface area contributed by atoms with Crippen LogP contribution in [0.2, 0.25) is 0 Å². The third-order valence-corrected chi connectivity index (χ3v) is 4.60. The highest BCUT2D eigenvalue weighted by Crippen LogP contribution is 2.22. The first-order valence-corrected chi connectivity index (χ1v) is 8.67. The molecule has 9 heteroatoms. The Morgan fingerprint density at radius 2 is 2.07 bits per heavy atom. The summed E-state index contributed by atoms with van der Waals surface area (Å²) in [6, 6.07) is 11.2. The van der Waals surface area contributed by atoms with Crippen LogP contribution in [0.1, 0.15) is 5.56 Å². The Kier molecular flexibility index (Phi) is 3.70. The van der Waals surface area contributed by atoms with Crippen LogP contribution < -0.4 is 5.69 Å². The van der Waals surface area contributed by atoms with E-state index in [1.54, 1.807) is 41.2 Å². The fraction of sp³-hybridized carbons (Fsp3) is 0.0500. The van der Waals surface area contributed by atoms with Gasteiger partial charge in [0.2, 0.25) is 5.95 Å². The van der Waals surface area contributed by atoms with Crippen LogP contribution in [0.25, 0.3) is 33.0 Å². The maximum absolute atomic E-state index is 13.5. The smallest absolute Gasteiger partial charge is 0.303 e. The zero-order valence-corrected chi connectivity index (χ0v) is 14.9. The lowest BCUT2D eigenvalue weighted by molar-refractivity contribution is 0.623. The predicted octanol–water partition coefficient (Wildman–Crippen LogP) is 3.20. The lowest BCUT2D eigenvalue weighted by Crippen LogP contribution is -2.18. The molecule has 1 N–H and O–H groups in total. The van der Waals surface area contributed by atoms with E-state index in [0.29, 0.717) is 39.4 Å². The van der Waals surface area contributed by atoms with Crippen LogP contribution in [0.5, 0.6) is 0 Å². The van der Waals surface area contributed by atoms with Crippen LogP contribution in [0.3, 0.4) is 0 Å². The first-order chi connectivity index (χ1) is 14.1. The van der Waals surface area contributed by atoms with Crippen molar-refractivity contribution in [3.05, 3.63) is 88.3 Å². The van der Waals surface area contributed by atoms with Gasteiger partial charge in [0.05, 0.1) is 30.3 Å². The second-order valence-corrected chi connectivity index (χ2v) is 6.45. The van der Waals surface area contributed by atoms with Gasteiger partial charge in [0, 0.05) is 0 Å². The molecule has 2 aromatic carbocycles. The summed E-state index contributed by atoms with van der Waals surface area (Å²) in [5, 5.41) is 0. The van der Waals surface area contributed by atoms with Crippen molar-refractivity contribution in [2.24, 2.45) is 0 Å². The van der Waals surface area contributed by atoms with Crippen molar-refractivity contribution >= 4 is 27.9 Å². The van der Waals surface area contributed by atoms with Gasteiger partial charge in [-0.1, -0.05) is 18.2 Å². The predicted molar refractivity (Wildman–Crippen MR) is 105 cm³/mol. The number of aromatic nitrogens is 6. The van der Waals surface area contributed by atoms with Gasteiger partial charge in [-0.3, -0.25) is 9.13 Å². The fourth-order valence-electron chi connectivity index (χ4n) is 3.24. The number of aromatic amines is 1. The molecule has 0 saturated heterocycles. The minimum atomic E-state index is -0.369. The number of hydrogen-bond donors (Lipinski definition) is 1. The van der Waals surface area contributed by atoms with Gasteiger partial charge in [-0.25, -0.2) is 24.0 Å². The van der Waals surface area contributed by atoms with E-state index in [2.05, 4.69) is 24.8 Å². The standard InChI is InChI=1S/C20H12FN7O/c1-22-14-5-6-15-17(8-14)28(11-24-15)19-23-9-16-18(26-19)27(20(29)25-16)10-12-3-2-4-13(21)7-12/h2-9,11H,10H2,(H,25,29). The first kappa shape index (κ1) is 16.8. The summed E-state index contributed by atoms with van der Waals surface area (Å²) in [6.45, 7) is 7.37. The number of nitrogens with one attached hydrogen (secondary N) is 1. The molecule has 5 aromatic rings. The van der Waals surface area contributed by atoms with E-state index in [0.717, 1.165) is 0 Å². The van der Waals surface area contributed by atoms with Crippen molar-refractivity contribution in [2.75, 3.05) is 0 Å². The van der Waals surface area contributed by atoms with Crippen LogP contribution in [0.15, 0.2) is 59.8 Å². The van der Waals surface area contributed by atoms with Crippen molar-refractivity contribution in [1.29, 1.82) is 0 Å². The molecule has 0 aliphatic carbocycles. The molecule has 29 heavy (non-hydrogen) atoms. The Balaban J connectivity index is 1.66. The van der Waals surface area contributed by atoms with Gasteiger partial charge in [0.25, 0.3) is 0 Å². The molecule has 0 radical (unpaired) electrons. The molecule has 0 spiro atoms. The highest BCUT2D eigenvalue weighted by atomic mass is 19.1. The first-order valence-electron chi connectivity index (χ1n) is 8.67. The quantitative estimate of drug-likeness (QED) is 0.483. The lowest BCUT2D eigenvalue weighted by atomic mass is 10.2. The molecule has 3 aromatic heterocycles. The lowest BCUT2D eigenvalue weighted by Gasteiger charge is -2.06. The van der Waals surface area contributed by atoms with Crippen molar-refractivity contribution < 1.29 is 4.39 Å². The number of hydrogen-bond acceptors (Lipinski definition) is 4. The van der Waals surface area contributed by atoms with Gasteiger partial charge >= 0.3 is 5.69 Å². The van der Waals surface area contributed by atoms with Crippen LogP contribution in [0.4, 0.5) is 10.1 Å². The molecule has 0 aliphatic heterocycles. The summed E-state index contributed by atoms with van der Waals surface area (Å²) in [6.07, 6.45) is 3.09. The maximum Gasteiger partial charge on any atom is 0.328 e. The molecule has 0 saturated carbocycles. The number of fused-ring (bicyclic) bond motifs is 2. The van der Waals surface area contributed by atoms with Crippen LogP contribution in [-0.4, -0.2) is 29.1 Å². The van der Waals surface area contributed by atoms with Crippen LogP contribution in [-0.2, 0) is 6.54 Å². The van der Waals surface area contributed by atoms with E-state index in [1.807, 2.05) is 0 Å². The van der Waals surface area contributed by atoms with Gasteiger partial charge in [-0.15, -0.1) is 0 Å². The summed E-state index contributed by atoms with van der Waals surface area (Å²) >= 11 is 0. The Morgan fingerprint density at radius 3 is 2.90 bits per heavy atom. The zero-order valence-electron chi connectivity index (χ0n) is 14.9. The SMILES string of the molecule is [C-]#[N+]c1ccc2ncn(-c3ncc4[nH]c(=O)n(Cc5cccc(F)c5)c4n3)c2c1. The Morgan fingerprint density at radius 1 is 1.17 bits per heavy atom. The van der Waals surface area contributed by atoms with Crippen LogP contribution in [0, 0.1) is 12.4 Å². The van der Waals surface area contributed by atoms with Crippen LogP contribution >= 0.6 is 0 Å².